The Bertz CT molecular complexity index is 388. The summed E-state index contributed by atoms with van der Waals surface area (Å²) >= 11 is 0. The van der Waals surface area contributed by atoms with Crippen LogP contribution in [0.5, 0.6) is 5.75 Å². The number of ether oxygens (including phenoxy) is 1. The highest BCUT2D eigenvalue weighted by atomic mass is 19.1. The monoisotopic (exact) mass is 195 g/mol. The third-order valence-corrected chi connectivity index (χ3v) is 1.78. The van der Waals surface area contributed by atoms with Crippen LogP contribution >= 0.6 is 0 Å². The summed E-state index contributed by atoms with van der Waals surface area (Å²) in [6, 6.07) is 3.81. The predicted molar refractivity (Wildman–Crippen MR) is 51.2 cm³/mol. The fourth-order valence-corrected chi connectivity index (χ4v) is 1.05. The van der Waals surface area contributed by atoms with Crippen molar-refractivity contribution in [1.82, 2.24) is 0 Å². The highest BCUT2D eigenvalue weighted by molar-refractivity contribution is 6.18. The molecule has 1 amide bonds. The summed E-state index contributed by atoms with van der Waals surface area (Å²) in [4.78, 5) is 10.8. The van der Waals surface area contributed by atoms with Gasteiger partial charge in [-0.2, -0.15) is 0 Å². The van der Waals surface area contributed by atoms with E-state index in [2.05, 4.69) is 6.58 Å². The average molecular weight is 195 g/mol. The molecule has 0 fully saturated rings. The van der Waals surface area contributed by atoms with Crippen molar-refractivity contribution in [3.63, 3.8) is 0 Å². The molecule has 14 heavy (non-hydrogen) atoms. The third-order valence-electron chi connectivity index (χ3n) is 1.78. The summed E-state index contributed by atoms with van der Waals surface area (Å²) in [6.07, 6.45) is 0. The van der Waals surface area contributed by atoms with E-state index in [1.165, 1.54) is 19.2 Å². The molecular formula is C10H10FNO2. The number of methoxy groups -OCH3 is 1. The number of hydrogen-bond donors (Lipinski definition) is 1. The van der Waals surface area contributed by atoms with Crippen molar-refractivity contribution in [2.24, 2.45) is 5.73 Å². The fourth-order valence-electron chi connectivity index (χ4n) is 1.05. The van der Waals surface area contributed by atoms with E-state index in [0.717, 1.165) is 6.07 Å². The normalized spacial score (nSPS) is 9.57. The van der Waals surface area contributed by atoms with Crippen LogP contribution in [-0.2, 0) is 4.79 Å². The lowest BCUT2D eigenvalue weighted by molar-refractivity contribution is -0.112. The maximum Gasteiger partial charge on any atom is 0.248 e. The molecule has 2 N–H and O–H groups in total. The number of amides is 1. The maximum absolute atomic E-state index is 12.9. The van der Waals surface area contributed by atoms with Gasteiger partial charge < -0.3 is 10.5 Å². The van der Waals surface area contributed by atoms with Crippen molar-refractivity contribution in [2.75, 3.05) is 7.11 Å². The van der Waals surface area contributed by atoms with E-state index in [1.54, 1.807) is 0 Å². The van der Waals surface area contributed by atoms with E-state index in [0.29, 0.717) is 5.75 Å². The Balaban J connectivity index is 3.23. The Morgan fingerprint density at radius 3 is 2.71 bits per heavy atom. The van der Waals surface area contributed by atoms with Gasteiger partial charge in [0, 0.05) is 11.1 Å². The summed E-state index contributed by atoms with van der Waals surface area (Å²) in [6.45, 7) is 3.45. The summed E-state index contributed by atoms with van der Waals surface area (Å²) in [5, 5.41) is 0. The predicted octanol–water partition coefficient (Wildman–Crippen LogP) is 1.33. The first-order chi connectivity index (χ1) is 6.56. The Kier molecular flexibility index (Phi) is 2.86. The molecule has 3 nitrogen and oxygen atoms in total. The van der Waals surface area contributed by atoms with Gasteiger partial charge in [-0.25, -0.2) is 4.39 Å². The molecule has 1 rings (SSSR count). The van der Waals surface area contributed by atoms with Crippen molar-refractivity contribution < 1.29 is 13.9 Å². The van der Waals surface area contributed by atoms with Gasteiger partial charge >= 0.3 is 0 Å². The largest absolute Gasteiger partial charge is 0.496 e. The Morgan fingerprint density at radius 1 is 1.57 bits per heavy atom. The molecule has 0 saturated carbocycles. The van der Waals surface area contributed by atoms with Gasteiger partial charge in [0.2, 0.25) is 5.91 Å². The first kappa shape index (κ1) is 10.2. The molecule has 0 spiro atoms. The van der Waals surface area contributed by atoms with Gasteiger partial charge in [-0.1, -0.05) is 6.58 Å². The lowest BCUT2D eigenvalue weighted by atomic mass is 10.1. The minimum absolute atomic E-state index is 0.0290. The molecule has 0 unspecified atom stereocenters. The van der Waals surface area contributed by atoms with Gasteiger partial charge in [-0.05, 0) is 18.2 Å². The summed E-state index contributed by atoms with van der Waals surface area (Å²) in [5.41, 5.74) is 5.33. The number of halogens is 1. The fraction of sp³-hybridized carbons (Fsp3) is 0.100. The number of rotatable bonds is 3. The zero-order valence-corrected chi connectivity index (χ0v) is 7.71. The van der Waals surface area contributed by atoms with Gasteiger partial charge in [0.15, 0.2) is 0 Å². The Hall–Kier alpha value is -1.84. The van der Waals surface area contributed by atoms with Crippen molar-refractivity contribution in [3.8, 4) is 5.75 Å². The number of benzene rings is 1. The highest BCUT2D eigenvalue weighted by Crippen LogP contribution is 2.25. The number of hydrogen-bond acceptors (Lipinski definition) is 2. The lowest BCUT2D eigenvalue weighted by Gasteiger charge is -2.08. The van der Waals surface area contributed by atoms with Crippen LogP contribution < -0.4 is 10.5 Å². The molecule has 0 aliphatic heterocycles. The van der Waals surface area contributed by atoms with Gasteiger partial charge in [0.1, 0.15) is 11.6 Å². The van der Waals surface area contributed by atoms with Crippen molar-refractivity contribution in [3.05, 3.63) is 36.2 Å². The lowest BCUT2D eigenvalue weighted by Crippen LogP contribution is -2.12. The molecule has 0 atom stereocenters. The maximum atomic E-state index is 12.9. The molecule has 0 bridgehead atoms. The van der Waals surface area contributed by atoms with E-state index in [4.69, 9.17) is 10.5 Å². The molecule has 1 aromatic rings. The van der Waals surface area contributed by atoms with Gasteiger partial charge in [-0.3, -0.25) is 4.79 Å². The summed E-state index contributed by atoms with van der Waals surface area (Å²) < 4.78 is 17.8. The van der Waals surface area contributed by atoms with Crippen molar-refractivity contribution in [2.45, 2.75) is 0 Å². The molecule has 0 aliphatic rings. The van der Waals surface area contributed by atoms with Crippen LogP contribution in [-0.4, -0.2) is 13.0 Å². The van der Waals surface area contributed by atoms with Crippen LogP contribution in [0, 0.1) is 5.82 Å². The highest BCUT2D eigenvalue weighted by Gasteiger charge is 2.11. The van der Waals surface area contributed by atoms with E-state index < -0.39 is 11.7 Å². The molecule has 0 aliphatic carbocycles. The average Bonchev–Trinajstić information content (AvgIpc) is 2.16. The summed E-state index contributed by atoms with van der Waals surface area (Å²) in [7, 11) is 1.42. The van der Waals surface area contributed by atoms with Crippen LogP contribution in [0.1, 0.15) is 5.56 Å². The van der Waals surface area contributed by atoms with Gasteiger partial charge in [-0.15, -0.1) is 0 Å². The molecular weight excluding hydrogens is 185 g/mol. The van der Waals surface area contributed by atoms with Crippen molar-refractivity contribution in [1.29, 1.82) is 0 Å². The van der Waals surface area contributed by atoms with Crippen LogP contribution in [0.25, 0.3) is 5.57 Å². The molecule has 0 aromatic heterocycles. The molecule has 0 saturated heterocycles. The zero-order chi connectivity index (χ0) is 10.7. The van der Waals surface area contributed by atoms with E-state index >= 15 is 0 Å². The molecule has 0 radical (unpaired) electrons. The number of carbonyl (C=O) groups excluding carboxylic acids is 1. The minimum Gasteiger partial charge on any atom is -0.496 e. The first-order valence-corrected chi connectivity index (χ1v) is 3.89. The second-order valence-electron chi connectivity index (χ2n) is 2.69. The minimum atomic E-state index is -0.700. The van der Waals surface area contributed by atoms with E-state index in [-0.39, 0.29) is 11.1 Å². The molecule has 1 aromatic carbocycles. The topological polar surface area (TPSA) is 52.3 Å². The number of carbonyl (C=O) groups is 1. The molecule has 74 valence electrons. The molecule has 0 heterocycles. The van der Waals surface area contributed by atoms with Crippen LogP contribution in [0.2, 0.25) is 0 Å². The van der Waals surface area contributed by atoms with Gasteiger partial charge in [0.05, 0.1) is 7.11 Å². The smallest absolute Gasteiger partial charge is 0.248 e. The standard InChI is InChI=1S/C10H10FNO2/c1-6(10(12)13)8-5-7(11)3-4-9(8)14-2/h3-5H,1H2,2H3,(H2,12,13). The van der Waals surface area contributed by atoms with Crippen LogP contribution in [0.4, 0.5) is 4.39 Å². The van der Waals surface area contributed by atoms with Crippen LogP contribution in [0.15, 0.2) is 24.8 Å². The molecule has 4 heteroatoms. The summed E-state index contributed by atoms with van der Waals surface area (Å²) in [5.74, 6) is -0.799. The first-order valence-electron chi connectivity index (χ1n) is 3.89. The SMILES string of the molecule is C=C(C(N)=O)c1cc(F)ccc1OC. The Labute approximate surface area is 81.0 Å². The second-order valence-corrected chi connectivity index (χ2v) is 2.69. The zero-order valence-electron chi connectivity index (χ0n) is 7.71. The van der Waals surface area contributed by atoms with Crippen molar-refractivity contribution >= 4 is 11.5 Å². The number of primary amides is 1. The van der Waals surface area contributed by atoms with E-state index in [9.17, 15) is 9.18 Å². The number of nitrogens with two attached hydrogens (primary N) is 1. The van der Waals surface area contributed by atoms with Gasteiger partial charge in [0.25, 0.3) is 0 Å². The quantitative estimate of drug-likeness (QED) is 0.740. The van der Waals surface area contributed by atoms with E-state index in [1.807, 2.05) is 0 Å². The van der Waals surface area contributed by atoms with Crippen LogP contribution in [0.3, 0.4) is 0 Å². The second kappa shape index (κ2) is 3.91. The Morgan fingerprint density at radius 2 is 2.21 bits per heavy atom. The third kappa shape index (κ3) is 1.90.